The van der Waals surface area contributed by atoms with E-state index in [4.69, 9.17) is 4.74 Å². The first-order valence-electron chi connectivity index (χ1n) is 7.43. The number of methoxy groups -OCH3 is 1. The molecule has 114 valence electrons. The summed E-state index contributed by atoms with van der Waals surface area (Å²) in [6.07, 6.45) is 8.87. The molecule has 4 heteroatoms. The van der Waals surface area contributed by atoms with Crippen LogP contribution >= 0.6 is 0 Å². The van der Waals surface area contributed by atoms with E-state index < -0.39 is 0 Å². The highest BCUT2D eigenvalue weighted by Crippen LogP contribution is 2.26. The van der Waals surface area contributed by atoms with E-state index in [9.17, 15) is 4.79 Å². The molecule has 1 aliphatic rings. The molecule has 0 aromatic carbocycles. The molecule has 1 aliphatic carbocycles. The number of hydrogen-bond donors (Lipinski definition) is 0. The lowest BCUT2D eigenvalue weighted by atomic mass is 9.93. The van der Waals surface area contributed by atoms with Gasteiger partial charge in [-0.3, -0.25) is 9.78 Å². The summed E-state index contributed by atoms with van der Waals surface area (Å²) in [6, 6.07) is 0. The average molecular weight is 288 g/mol. The van der Waals surface area contributed by atoms with Crippen LogP contribution in [0.2, 0.25) is 0 Å². The number of hydrogen-bond acceptors (Lipinski definition) is 3. The van der Waals surface area contributed by atoms with Gasteiger partial charge in [0, 0.05) is 30.3 Å². The Morgan fingerprint density at radius 3 is 2.81 bits per heavy atom. The van der Waals surface area contributed by atoms with Gasteiger partial charge in [0.1, 0.15) is 5.75 Å². The van der Waals surface area contributed by atoms with Crippen LogP contribution in [0.15, 0.2) is 18.3 Å². The van der Waals surface area contributed by atoms with E-state index in [1.54, 1.807) is 12.0 Å². The zero-order chi connectivity index (χ0) is 15.4. The fraction of sp³-hybridized carbons (Fsp3) is 0.529. The first-order valence-corrected chi connectivity index (χ1v) is 7.43. The minimum Gasteiger partial charge on any atom is -0.496 e. The first kappa shape index (κ1) is 15.5. The lowest BCUT2D eigenvalue weighted by Gasteiger charge is -2.25. The fourth-order valence-corrected chi connectivity index (χ4v) is 2.86. The number of nitrogens with zero attached hydrogens (tertiary/aromatic N) is 2. The molecule has 0 radical (unpaired) electrons. The van der Waals surface area contributed by atoms with Crippen LogP contribution < -0.4 is 4.74 Å². The molecular weight excluding hydrogens is 264 g/mol. The van der Waals surface area contributed by atoms with Crippen LogP contribution in [0, 0.1) is 19.8 Å². The Balaban J connectivity index is 2.10. The molecule has 4 nitrogen and oxygen atoms in total. The van der Waals surface area contributed by atoms with E-state index in [2.05, 4.69) is 17.1 Å². The summed E-state index contributed by atoms with van der Waals surface area (Å²) in [7, 11) is 3.52. The third-order valence-corrected chi connectivity index (χ3v) is 4.13. The van der Waals surface area contributed by atoms with E-state index in [1.165, 1.54) is 0 Å². The summed E-state index contributed by atoms with van der Waals surface area (Å²) in [5, 5.41) is 0. The Morgan fingerprint density at radius 2 is 2.19 bits per heavy atom. The zero-order valence-corrected chi connectivity index (χ0v) is 13.3. The maximum absolute atomic E-state index is 12.5. The largest absolute Gasteiger partial charge is 0.496 e. The third-order valence-electron chi connectivity index (χ3n) is 4.13. The Morgan fingerprint density at radius 1 is 1.43 bits per heavy atom. The predicted octanol–water partition coefficient (Wildman–Crippen LogP) is 3.02. The standard InChI is InChI=1S/C17H24N2O2/c1-12-10-18-15(13(2)16(12)21-4)11-19(3)17(20)14-8-6-5-7-9-14/h5-6,10,14H,7-9,11H2,1-4H3/t14-/m1/s1. The van der Waals surface area contributed by atoms with Gasteiger partial charge in [-0.05, 0) is 33.1 Å². The molecule has 0 bridgehead atoms. The second-order valence-corrected chi connectivity index (χ2v) is 5.72. The highest BCUT2D eigenvalue weighted by molar-refractivity contribution is 5.79. The molecule has 0 saturated heterocycles. The number of aryl methyl sites for hydroxylation is 1. The summed E-state index contributed by atoms with van der Waals surface area (Å²) in [5.74, 6) is 1.19. The van der Waals surface area contributed by atoms with Crippen molar-refractivity contribution in [3.05, 3.63) is 35.2 Å². The van der Waals surface area contributed by atoms with E-state index in [0.717, 1.165) is 41.8 Å². The maximum Gasteiger partial charge on any atom is 0.226 e. The number of allylic oxidation sites excluding steroid dienone is 2. The van der Waals surface area contributed by atoms with Crippen molar-refractivity contribution in [1.29, 1.82) is 0 Å². The molecule has 1 heterocycles. The minimum absolute atomic E-state index is 0.118. The van der Waals surface area contributed by atoms with Gasteiger partial charge in [-0.25, -0.2) is 0 Å². The van der Waals surface area contributed by atoms with Gasteiger partial charge < -0.3 is 9.64 Å². The molecule has 0 saturated carbocycles. The predicted molar refractivity (Wildman–Crippen MR) is 83.2 cm³/mol. The molecule has 1 aromatic rings. The van der Waals surface area contributed by atoms with E-state index in [1.807, 2.05) is 27.1 Å². The van der Waals surface area contributed by atoms with Crippen LogP contribution in [-0.2, 0) is 11.3 Å². The normalized spacial score (nSPS) is 17.6. The topological polar surface area (TPSA) is 42.4 Å². The number of aromatic nitrogens is 1. The molecule has 0 spiro atoms. The van der Waals surface area contributed by atoms with Crippen molar-refractivity contribution >= 4 is 5.91 Å². The van der Waals surface area contributed by atoms with Gasteiger partial charge in [0.05, 0.1) is 19.3 Å². The Kier molecular flexibility index (Phi) is 4.99. The summed E-state index contributed by atoms with van der Waals surface area (Å²) in [4.78, 5) is 18.7. The molecule has 2 rings (SSSR count). The van der Waals surface area contributed by atoms with Gasteiger partial charge in [0.25, 0.3) is 0 Å². The lowest BCUT2D eigenvalue weighted by molar-refractivity contribution is -0.135. The third kappa shape index (κ3) is 3.43. The van der Waals surface area contributed by atoms with E-state index >= 15 is 0 Å². The monoisotopic (exact) mass is 288 g/mol. The molecule has 0 aliphatic heterocycles. The SMILES string of the molecule is COc1c(C)cnc(CN(C)C(=O)[C@@H]2CC=CCC2)c1C. The molecule has 1 amide bonds. The molecule has 1 atom stereocenters. The molecular formula is C17H24N2O2. The van der Waals surface area contributed by atoms with Crippen molar-refractivity contribution in [3.63, 3.8) is 0 Å². The van der Waals surface area contributed by atoms with Crippen molar-refractivity contribution in [2.24, 2.45) is 5.92 Å². The van der Waals surface area contributed by atoms with Crippen molar-refractivity contribution in [3.8, 4) is 5.75 Å². The second-order valence-electron chi connectivity index (χ2n) is 5.72. The van der Waals surface area contributed by atoms with Crippen molar-refractivity contribution in [2.75, 3.05) is 14.2 Å². The van der Waals surface area contributed by atoms with Crippen LogP contribution in [0.25, 0.3) is 0 Å². The summed E-state index contributed by atoms with van der Waals surface area (Å²) >= 11 is 0. The van der Waals surface area contributed by atoms with Gasteiger partial charge in [-0.15, -0.1) is 0 Å². The number of carbonyl (C=O) groups is 1. The second kappa shape index (κ2) is 6.74. The minimum atomic E-state index is 0.118. The Hall–Kier alpha value is -1.84. The van der Waals surface area contributed by atoms with Gasteiger partial charge >= 0.3 is 0 Å². The highest BCUT2D eigenvalue weighted by atomic mass is 16.5. The van der Waals surface area contributed by atoms with Gasteiger partial charge in [-0.1, -0.05) is 12.2 Å². The smallest absolute Gasteiger partial charge is 0.226 e. The van der Waals surface area contributed by atoms with Gasteiger partial charge in [0.2, 0.25) is 5.91 Å². The van der Waals surface area contributed by atoms with Gasteiger partial charge in [0.15, 0.2) is 0 Å². The molecule has 0 unspecified atom stereocenters. The van der Waals surface area contributed by atoms with Crippen LogP contribution in [-0.4, -0.2) is 29.9 Å². The summed E-state index contributed by atoms with van der Waals surface area (Å²) in [5.41, 5.74) is 2.94. The van der Waals surface area contributed by atoms with Crippen LogP contribution in [0.4, 0.5) is 0 Å². The molecule has 1 aromatic heterocycles. The quantitative estimate of drug-likeness (QED) is 0.800. The van der Waals surface area contributed by atoms with E-state index in [0.29, 0.717) is 6.54 Å². The Bertz CT molecular complexity index is 552. The lowest BCUT2D eigenvalue weighted by Crippen LogP contribution is -2.33. The molecule has 0 N–H and O–H groups in total. The number of amides is 1. The summed E-state index contributed by atoms with van der Waals surface area (Å²) < 4.78 is 5.42. The fourth-order valence-electron chi connectivity index (χ4n) is 2.86. The van der Waals surface area contributed by atoms with Crippen molar-refractivity contribution in [1.82, 2.24) is 9.88 Å². The average Bonchev–Trinajstić information content (AvgIpc) is 2.50. The highest BCUT2D eigenvalue weighted by Gasteiger charge is 2.23. The first-order chi connectivity index (χ1) is 10.0. The molecule has 21 heavy (non-hydrogen) atoms. The van der Waals surface area contributed by atoms with Gasteiger partial charge in [-0.2, -0.15) is 0 Å². The van der Waals surface area contributed by atoms with Crippen LogP contribution in [0.3, 0.4) is 0 Å². The molecule has 0 fully saturated rings. The van der Waals surface area contributed by atoms with E-state index in [-0.39, 0.29) is 11.8 Å². The zero-order valence-electron chi connectivity index (χ0n) is 13.3. The van der Waals surface area contributed by atoms with Crippen molar-refractivity contribution in [2.45, 2.75) is 39.7 Å². The Labute approximate surface area is 126 Å². The van der Waals surface area contributed by atoms with Crippen LogP contribution in [0.5, 0.6) is 5.75 Å². The number of rotatable bonds is 4. The van der Waals surface area contributed by atoms with Crippen LogP contribution in [0.1, 0.15) is 36.1 Å². The maximum atomic E-state index is 12.5. The number of ether oxygens (including phenoxy) is 1. The summed E-state index contributed by atoms with van der Waals surface area (Å²) in [6.45, 7) is 4.50. The number of pyridine rings is 1. The van der Waals surface area contributed by atoms with Crippen molar-refractivity contribution < 1.29 is 9.53 Å². The number of carbonyl (C=O) groups excluding carboxylic acids is 1.